The third kappa shape index (κ3) is 2.77. The van der Waals surface area contributed by atoms with Crippen LogP contribution in [0.15, 0.2) is 0 Å². The molecular formula is C12H20N2O3. The Bertz CT molecular complexity index is 335. The average Bonchev–Trinajstić information content (AvgIpc) is 2.57. The first-order valence-corrected chi connectivity index (χ1v) is 6.11. The van der Waals surface area contributed by atoms with Crippen molar-refractivity contribution in [2.24, 2.45) is 0 Å². The minimum absolute atomic E-state index is 0.101. The van der Waals surface area contributed by atoms with Gasteiger partial charge in [0.1, 0.15) is 5.60 Å². The van der Waals surface area contributed by atoms with Gasteiger partial charge in [0.25, 0.3) is 0 Å². The first-order chi connectivity index (χ1) is 7.87. The number of nitrogens with zero attached hydrogens (tertiary/aromatic N) is 2. The van der Waals surface area contributed by atoms with Crippen LogP contribution in [0.2, 0.25) is 0 Å². The topological polar surface area (TPSA) is 49.9 Å². The summed E-state index contributed by atoms with van der Waals surface area (Å²) in [5.41, 5.74) is -0.478. The molecule has 0 aromatic heterocycles. The van der Waals surface area contributed by atoms with Crippen molar-refractivity contribution >= 4 is 11.9 Å². The summed E-state index contributed by atoms with van der Waals surface area (Å²) in [6, 6.07) is -0.101. The highest BCUT2D eigenvalue weighted by molar-refractivity contribution is 5.87. The van der Waals surface area contributed by atoms with E-state index in [0.717, 1.165) is 13.1 Å². The number of ketones is 1. The number of ether oxygens (including phenoxy) is 1. The molecule has 0 bridgehead atoms. The number of hydrogen-bond acceptors (Lipinski definition) is 4. The fourth-order valence-corrected chi connectivity index (χ4v) is 2.31. The molecular weight excluding hydrogens is 220 g/mol. The van der Waals surface area contributed by atoms with E-state index in [1.807, 2.05) is 20.8 Å². The highest BCUT2D eigenvalue weighted by Gasteiger charge is 2.39. The Morgan fingerprint density at radius 2 is 2.00 bits per heavy atom. The Kier molecular flexibility index (Phi) is 3.12. The molecule has 2 fully saturated rings. The Labute approximate surface area is 102 Å². The van der Waals surface area contributed by atoms with Gasteiger partial charge >= 0.3 is 6.09 Å². The lowest BCUT2D eigenvalue weighted by molar-refractivity contribution is -0.121. The largest absolute Gasteiger partial charge is 0.444 e. The van der Waals surface area contributed by atoms with Crippen LogP contribution in [0.3, 0.4) is 0 Å². The van der Waals surface area contributed by atoms with E-state index in [1.54, 1.807) is 4.90 Å². The second-order valence-corrected chi connectivity index (χ2v) is 5.69. The van der Waals surface area contributed by atoms with Crippen LogP contribution in [0, 0.1) is 0 Å². The molecule has 0 radical (unpaired) electrons. The first-order valence-electron chi connectivity index (χ1n) is 6.11. The SMILES string of the molecule is CC(C)(C)OC(=O)N1CCN2CCC(=O)C2C1. The van der Waals surface area contributed by atoms with E-state index in [2.05, 4.69) is 4.90 Å². The van der Waals surface area contributed by atoms with Crippen LogP contribution in [0.5, 0.6) is 0 Å². The van der Waals surface area contributed by atoms with Crippen molar-refractivity contribution in [3.63, 3.8) is 0 Å². The first kappa shape index (κ1) is 12.4. The van der Waals surface area contributed by atoms with Crippen LogP contribution in [0.25, 0.3) is 0 Å². The molecule has 0 aliphatic carbocycles. The molecule has 1 atom stereocenters. The zero-order chi connectivity index (χ0) is 12.6. The predicted molar refractivity (Wildman–Crippen MR) is 62.8 cm³/mol. The molecule has 17 heavy (non-hydrogen) atoms. The van der Waals surface area contributed by atoms with Crippen LogP contribution >= 0.6 is 0 Å². The van der Waals surface area contributed by atoms with Gasteiger partial charge in [0.05, 0.1) is 6.04 Å². The summed E-state index contributed by atoms with van der Waals surface area (Å²) in [4.78, 5) is 27.3. The van der Waals surface area contributed by atoms with E-state index >= 15 is 0 Å². The maximum Gasteiger partial charge on any atom is 0.410 e. The van der Waals surface area contributed by atoms with Crippen LogP contribution in [0.4, 0.5) is 4.79 Å². The number of rotatable bonds is 0. The molecule has 1 unspecified atom stereocenters. The van der Waals surface area contributed by atoms with Crippen molar-refractivity contribution in [1.29, 1.82) is 0 Å². The molecule has 5 heteroatoms. The molecule has 0 N–H and O–H groups in total. The van der Waals surface area contributed by atoms with Gasteiger partial charge < -0.3 is 9.64 Å². The molecule has 2 aliphatic heterocycles. The fraction of sp³-hybridized carbons (Fsp3) is 0.833. The van der Waals surface area contributed by atoms with E-state index in [-0.39, 0.29) is 17.9 Å². The number of piperazine rings is 1. The third-order valence-corrected chi connectivity index (χ3v) is 3.16. The van der Waals surface area contributed by atoms with Gasteiger partial charge in [-0.3, -0.25) is 9.69 Å². The Morgan fingerprint density at radius 1 is 1.29 bits per heavy atom. The fourth-order valence-electron chi connectivity index (χ4n) is 2.31. The summed E-state index contributed by atoms with van der Waals surface area (Å²) in [7, 11) is 0. The lowest BCUT2D eigenvalue weighted by Gasteiger charge is -2.37. The van der Waals surface area contributed by atoms with Crippen molar-refractivity contribution in [1.82, 2.24) is 9.80 Å². The maximum absolute atomic E-state index is 11.9. The predicted octanol–water partition coefficient (Wildman–Crippen LogP) is 0.880. The molecule has 0 saturated carbocycles. The van der Waals surface area contributed by atoms with Gasteiger partial charge in [-0.2, -0.15) is 0 Å². The Balaban J connectivity index is 1.95. The standard InChI is InChI=1S/C12H20N2O3/c1-12(2,3)17-11(16)14-7-6-13-5-4-10(15)9(13)8-14/h9H,4-8H2,1-3H3. The molecule has 2 saturated heterocycles. The summed E-state index contributed by atoms with van der Waals surface area (Å²) in [5, 5.41) is 0. The summed E-state index contributed by atoms with van der Waals surface area (Å²) >= 11 is 0. The summed E-state index contributed by atoms with van der Waals surface area (Å²) in [6.07, 6.45) is 0.309. The van der Waals surface area contributed by atoms with Crippen LogP contribution < -0.4 is 0 Å². The van der Waals surface area contributed by atoms with Gasteiger partial charge in [-0.15, -0.1) is 0 Å². The van der Waals surface area contributed by atoms with E-state index in [9.17, 15) is 9.59 Å². The van der Waals surface area contributed by atoms with Crippen molar-refractivity contribution in [2.75, 3.05) is 26.2 Å². The monoisotopic (exact) mass is 240 g/mol. The van der Waals surface area contributed by atoms with E-state index in [1.165, 1.54) is 0 Å². The zero-order valence-corrected chi connectivity index (χ0v) is 10.7. The second kappa shape index (κ2) is 4.29. The minimum Gasteiger partial charge on any atom is -0.444 e. The Morgan fingerprint density at radius 3 is 2.65 bits per heavy atom. The molecule has 96 valence electrons. The van der Waals surface area contributed by atoms with E-state index in [4.69, 9.17) is 4.74 Å². The van der Waals surface area contributed by atoms with Gasteiger partial charge in [-0.05, 0) is 20.8 Å². The maximum atomic E-state index is 11.9. The minimum atomic E-state index is -0.478. The molecule has 0 spiro atoms. The average molecular weight is 240 g/mol. The zero-order valence-electron chi connectivity index (χ0n) is 10.7. The number of Topliss-reactive ketones (excluding diaryl/α,β-unsaturated/α-hetero) is 1. The second-order valence-electron chi connectivity index (χ2n) is 5.69. The molecule has 0 aromatic carbocycles. The van der Waals surface area contributed by atoms with Crippen molar-refractivity contribution in [2.45, 2.75) is 38.8 Å². The van der Waals surface area contributed by atoms with Gasteiger partial charge in [-0.1, -0.05) is 0 Å². The van der Waals surface area contributed by atoms with Crippen LogP contribution in [0.1, 0.15) is 27.2 Å². The summed E-state index contributed by atoms with van der Waals surface area (Å²) in [5.74, 6) is 0.248. The summed E-state index contributed by atoms with van der Waals surface area (Å²) in [6.45, 7) is 8.29. The highest BCUT2D eigenvalue weighted by Crippen LogP contribution is 2.20. The van der Waals surface area contributed by atoms with Gasteiger partial charge in [0.2, 0.25) is 0 Å². The molecule has 1 amide bonds. The van der Waals surface area contributed by atoms with E-state index < -0.39 is 5.60 Å². The van der Waals surface area contributed by atoms with Crippen molar-refractivity contribution < 1.29 is 14.3 Å². The number of carbonyl (C=O) groups excluding carboxylic acids is 2. The highest BCUT2D eigenvalue weighted by atomic mass is 16.6. The summed E-state index contributed by atoms with van der Waals surface area (Å²) < 4.78 is 5.32. The molecule has 5 nitrogen and oxygen atoms in total. The van der Waals surface area contributed by atoms with Gasteiger partial charge in [0.15, 0.2) is 5.78 Å². The third-order valence-electron chi connectivity index (χ3n) is 3.16. The lowest BCUT2D eigenvalue weighted by atomic mass is 10.1. The van der Waals surface area contributed by atoms with Crippen molar-refractivity contribution in [3.05, 3.63) is 0 Å². The van der Waals surface area contributed by atoms with Gasteiger partial charge in [0, 0.05) is 32.6 Å². The molecule has 2 aliphatic rings. The number of hydrogen-bond donors (Lipinski definition) is 0. The van der Waals surface area contributed by atoms with Crippen LogP contribution in [-0.2, 0) is 9.53 Å². The van der Waals surface area contributed by atoms with Crippen molar-refractivity contribution in [3.8, 4) is 0 Å². The molecule has 0 aromatic rings. The Hall–Kier alpha value is -1.10. The molecule has 2 heterocycles. The van der Waals surface area contributed by atoms with Gasteiger partial charge in [-0.25, -0.2) is 4.79 Å². The molecule has 2 rings (SSSR count). The number of amides is 1. The smallest absolute Gasteiger partial charge is 0.410 e. The van der Waals surface area contributed by atoms with E-state index in [0.29, 0.717) is 19.5 Å². The lowest BCUT2D eigenvalue weighted by Crippen LogP contribution is -2.54. The quantitative estimate of drug-likeness (QED) is 0.630. The number of carbonyl (C=O) groups is 2. The normalized spacial score (nSPS) is 25.9. The number of fused-ring (bicyclic) bond motifs is 1. The van der Waals surface area contributed by atoms with Crippen LogP contribution in [-0.4, -0.2) is 59.5 Å².